The molecular weight excluding hydrogens is 353 g/mol. The van der Waals surface area contributed by atoms with Crippen molar-refractivity contribution >= 4 is 5.78 Å². The molecule has 1 saturated carbocycles. The van der Waals surface area contributed by atoms with Gasteiger partial charge in [-0.15, -0.1) is 0 Å². The molecule has 0 radical (unpaired) electrons. The Morgan fingerprint density at radius 1 is 1.15 bits per heavy atom. The van der Waals surface area contributed by atoms with Crippen LogP contribution in [0.1, 0.15) is 75.2 Å². The van der Waals surface area contributed by atoms with Gasteiger partial charge in [0.2, 0.25) is 0 Å². The standard InChI is InChI=1S/C22H29F3O2/c1-15(2)14-21(27,16(3)13-17-7-5-4-6-8-17)20(26)18-9-11-19(12-10-18)22(23,24)25/h9-13,15,17,27H,4-8,14H2,1-3H3/b16-13+/t21-/m0/s1. The van der Waals surface area contributed by atoms with Crippen LogP contribution in [0, 0.1) is 11.8 Å². The van der Waals surface area contributed by atoms with Gasteiger partial charge in [0.25, 0.3) is 0 Å². The highest BCUT2D eigenvalue weighted by Crippen LogP contribution is 2.34. The van der Waals surface area contributed by atoms with Crippen LogP contribution >= 0.6 is 0 Å². The highest BCUT2D eigenvalue weighted by molar-refractivity contribution is 6.04. The molecule has 2 rings (SSSR count). The molecule has 1 fully saturated rings. The first-order valence-corrected chi connectivity index (χ1v) is 9.67. The fourth-order valence-corrected chi connectivity index (χ4v) is 3.87. The number of aliphatic hydroxyl groups is 1. The molecule has 0 bridgehead atoms. The summed E-state index contributed by atoms with van der Waals surface area (Å²) in [6.45, 7) is 5.59. The molecule has 0 aromatic heterocycles. The Balaban J connectivity index is 2.33. The molecule has 2 nitrogen and oxygen atoms in total. The summed E-state index contributed by atoms with van der Waals surface area (Å²) < 4.78 is 38.3. The van der Waals surface area contributed by atoms with Gasteiger partial charge in [-0.1, -0.05) is 51.3 Å². The van der Waals surface area contributed by atoms with E-state index in [2.05, 4.69) is 0 Å². The summed E-state index contributed by atoms with van der Waals surface area (Å²) in [5, 5.41) is 11.3. The van der Waals surface area contributed by atoms with Crippen LogP contribution in [-0.4, -0.2) is 16.5 Å². The van der Waals surface area contributed by atoms with Crippen molar-refractivity contribution in [3.05, 3.63) is 47.0 Å². The lowest BCUT2D eigenvalue weighted by Gasteiger charge is -2.31. The number of benzene rings is 1. The summed E-state index contributed by atoms with van der Waals surface area (Å²) in [5.74, 6) is -0.129. The number of ketones is 1. The van der Waals surface area contributed by atoms with Crippen LogP contribution in [0.2, 0.25) is 0 Å². The van der Waals surface area contributed by atoms with E-state index < -0.39 is 23.1 Å². The first-order valence-electron chi connectivity index (χ1n) is 9.67. The second kappa shape index (κ2) is 8.59. The van der Waals surface area contributed by atoms with Crippen LogP contribution in [0.15, 0.2) is 35.9 Å². The Bertz CT molecular complexity index is 668. The monoisotopic (exact) mass is 382 g/mol. The number of carbonyl (C=O) groups excluding carboxylic acids is 1. The Morgan fingerprint density at radius 2 is 1.70 bits per heavy atom. The molecular formula is C22H29F3O2. The maximum Gasteiger partial charge on any atom is 0.416 e. The van der Waals surface area contributed by atoms with Gasteiger partial charge in [0, 0.05) is 5.56 Å². The van der Waals surface area contributed by atoms with Gasteiger partial charge in [-0.3, -0.25) is 4.79 Å². The van der Waals surface area contributed by atoms with Gasteiger partial charge in [0.05, 0.1) is 5.56 Å². The van der Waals surface area contributed by atoms with E-state index in [9.17, 15) is 23.1 Å². The molecule has 0 amide bonds. The quantitative estimate of drug-likeness (QED) is 0.470. The average molecular weight is 382 g/mol. The van der Waals surface area contributed by atoms with Crippen molar-refractivity contribution in [1.29, 1.82) is 0 Å². The molecule has 1 N–H and O–H groups in total. The molecule has 0 heterocycles. The van der Waals surface area contributed by atoms with Crippen LogP contribution in [-0.2, 0) is 6.18 Å². The van der Waals surface area contributed by atoms with Crippen LogP contribution in [0.3, 0.4) is 0 Å². The van der Waals surface area contributed by atoms with E-state index in [1.165, 1.54) is 6.42 Å². The fraction of sp³-hybridized carbons (Fsp3) is 0.591. The summed E-state index contributed by atoms with van der Waals surface area (Å²) in [5.41, 5.74) is -1.79. The Morgan fingerprint density at radius 3 is 2.19 bits per heavy atom. The van der Waals surface area contributed by atoms with E-state index in [0.717, 1.165) is 49.9 Å². The summed E-state index contributed by atoms with van der Waals surface area (Å²) >= 11 is 0. The molecule has 5 heteroatoms. The average Bonchev–Trinajstić information content (AvgIpc) is 2.60. The van der Waals surface area contributed by atoms with Crippen LogP contribution in [0.25, 0.3) is 0 Å². The Labute approximate surface area is 159 Å². The van der Waals surface area contributed by atoms with Crippen LogP contribution in [0.5, 0.6) is 0 Å². The largest absolute Gasteiger partial charge is 0.416 e. The minimum atomic E-state index is -4.45. The molecule has 27 heavy (non-hydrogen) atoms. The van der Waals surface area contributed by atoms with E-state index in [0.29, 0.717) is 11.5 Å². The van der Waals surface area contributed by atoms with Crippen molar-refractivity contribution in [3.63, 3.8) is 0 Å². The summed E-state index contributed by atoms with van der Waals surface area (Å²) in [6.07, 6.45) is 3.38. The molecule has 1 atom stereocenters. The van der Waals surface area contributed by atoms with E-state index in [-0.39, 0.29) is 17.9 Å². The SMILES string of the molecule is C/C(=C\C1CCCCC1)[C@@](O)(CC(C)C)C(=O)c1ccc(C(F)(F)F)cc1. The van der Waals surface area contributed by atoms with Crippen molar-refractivity contribution in [2.75, 3.05) is 0 Å². The zero-order valence-corrected chi connectivity index (χ0v) is 16.3. The van der Waals surface area contributed by atoms with Gasteiger partial charge in [0.15, 0.2) is 5.78 Å². The molecule has 1 aromatic carbocycles. The maximum absolute atomic E-state index is 13.1. The first kappa shape index (κ1) is 21.7. The smallest absolute Gasteiger partial charge is 0.377 e. The first-order chi connectivity index (χ1) is 12.5. The third-order valence-corrected chi connectivity index (χ3v) is 5.34. The van der Waals surface area contributed by atoms with E-state index in [1.807, 2.05) is 19.9 Å². The van der Waals surface area contributed by atoms with Crippen LogP contribution in [0.4, 0.5) is 13.2 Å². The third kappa shape index (κ3) is 5.44. The number of allylic oxidation sites excluding steroid dienone is 1. The zero-order valence-electron chi connectivity index (χ0n) is 16.3. The van der Waals surface area contributed by atoms with Gasteiger partial charge in [-0.05, 0) is 55.7 Å². The van der Waals surface area contributed by atoms with Crippen LogP contribution < -0.4 is 0 Å². The lowest BCUT2D eigenvalue weighted by molar-refractivity contribution is -0.137. The highest BCUT2D eigenvalue weighted by atomic mass is 19.4. The third-order valence-electron chi connectivity index (χ3n) is 5.34. The Kier molecular flexibility index (Phi) is 6.90. The molecule has 0 spiro atoms. The van der Waals surface area contributed by atoms with Gasteiger partial charge >= 0.3 is 6.18 Å². The summed E-state index contributed by atoms with van der Waals surface area (Å²) in [4.78, 5) is 13.1. The van der Waals surface area contributed by atoms with Crippen molar-refractivity contribution in [3.8, 4) is 0 Å². The lowest BCUT2D eigenvalue weighted by Crippen LogP contribution is -2.41. The van der Waals surface area contributed by atoms with Crippen molar-refractivity contribution in [2.24, 2.45) is 11.8 Å². The summed E-state index contributed by atoms with van der Waals surface area (Å²) in [7, 11) is 0. The second-order valence-corrected chi connectivity index (χ2v) is 8.11. The number of hydrogen-bond acceptors (Lipinski definition) is 2. The molecule has 150 valence electrons. The molecule has 0 unspecified atom stereocenters. The molecule has 0 aliphatic heterocycles. The second-order valence-electron chi connectivity index (χ2n) is 8.11. The highest BCUT2D eigenvalue weighted by Gasteiger charge is 2.39. The van der Waals surface area contributed by atoms with E-state index in [1.54, 1.807) is 6.92 Å². The fourth-order valence-electron chi connectivity index (χ4n) is 3.87. The zero-order chi connectivity index (χ0) is 20.2. The van der Waals surface area contributed by atoms with Crippen molar-refractivity contribution in [2.45, 2.75) is 71.1 Å². The van der Waals surface area contributed by atoms with Gasteiger partial charge in [-0.2, -0.15) is 13.2 Å². The number of carbonyl (C=O) groups is 1. The number of rotatable bonds is 6. The van der Waals surface area contributed by atoms with Crippen molar-refractivity contribution in [1.82, 2.24) is 0 Å². The number of halogens is 3. The van der Waals surface area contributed by atoms with Gasteiger partial charge < -0.3 is 5.11 Å². The lowest BCUT2D eigenvalue weighted by atomic mass is 9.77. The van der Waals surface area contributed by atoms with Gasteiger partial charge in [-0.25, -0.2) is 0 Å². The number of hydrogen-bond donors (Lipinski definition) is 1. The van der Waals surface area contributed by atoms with E-state index >= 15 is 0 Å². The minimum Gasteiger partial charge on any atom is -0.377 e. The summed E-state index contributed by atoms with van der Waals surface area (Å²) in [6, 6.07) is 4.10. The molecule has 1 aliphatic rings. The Hall–Kier alpha value is -1.62. The normalized spacial score (nSPS) is 19.2. The van der Waals surface area contributed by atoms with Crippen molar-refractivity contribution < 1.29 is 23.1 Å². The molecule has 1 aliphatic carbocycles. The number of Topliss-reactive ketones (excluding diaryl/α,β-unsaturated/α-hetero) is 1. The van der Waals surface area contributed by atoms with Gasteiger partial charge in [0.1, 0.15) is 5.60 Å². The predicted octanol–water partition coefficient (Wildman–Crippen LogP) is 6.19. The minimum absolute atomic E-state index is 0.0584. The predicted molar refractivity (Wildman–Crippen MR) is 101 cm³/mol. The molecule has 0 saturated heterocycles. The topological polar surface area (TPSA) is 37.3 Å². The molecule has 1 aromatic rings. The van der Waals surface area contributed by atoms with E-state index in [4.69, 9.17) is 0 Å². The number of alkyl halides is 3. The maximum atomic E-state index is 13.1.